The maximum Gasteiger partial charge on any atom is 0.244 e. The number of hydrogen-bond donors (Lipinski definition) is 3. The molecule has 0 atom stereocenters. The molecule has 19 heavy (non-hydrogen) atoms. The third-order valence-electron chi connectivity index (χ3n) is 3.45. The van der Waals surface area contributed by atoms with Crippen LogP contribution in [-0.4, -0.2) is 24.4 Å². The molecule has 0 unspecified atom stereocenters. The van der Waals surface area contributed by atoms with Gasteiger partial charge in [0.15, 0.2) is 0 Å². The van der Waals surface area contributed by atoms with Crippen LogP contribution in [0.3, 0.4) is 0 Å². The summed E-state index contributed by atoms with van der Waals surface area (Å²) in [4.78, 5) is 23.3. The van der Waals surface area contributed by atoms with Crippen LogP contribution in [0.1, 0.15) is 25.8 Å². The van der Waals surface area contributed by atoms with E-state index in [9.17, 15) is 9.59 Å². The summed E-state index contributed by atoms with van der Waals surface area (Å²) < 4.78 is 0. The molecule has 1 aromatic carbocycles. The Labute approximate surface area is 112 Å². The van der Waals surface area contributed by atoms with Crippen LogP contribution in [-0.2, 0) is 16.0 Å². The lowest BCUT2D eigenvalue weighted by Crippen LogP contribution is -2.47. The number of aryl methyl sites for hydroxylation is 1. The van der Waals surface area contributed by atoms with Crippen molar-refractivity contribution in [3.63, 3.8) is 0 Å². The minimum atomic E-state index is -0.621. The topological polar surface area (TPSA) is 70.2 Å². The molecule has 0 spiro atoms. The van der Waals surface area contributed by atoms with Crippen LogP contribution in [0.15, 0.2) is 18.2 Å². The number of hydrogen-bond acceptors (Lipinski definition) is 3. The molecule has 0 aromatic heterocycles. The van der Waals surface area contributed by atoms with Crippen molar-refractivity contribution in [1.82, 2.24) is 5.32 Å². The maximum absolute atomic E-state index is 12.0. The van der Waals surface area contributed by atoms with E-state index in [0.717, 1.165) is 16.9 Å². The second-order valence-electron chi connectivity index (χ2n) is 5.25. The number of fused-ring (bicyclic) bond motifs is 1. The molecule has 0 aliphatic carbocycles. The number of likely N-dealkylation sites (N-methyl/N-ethyl adjacent to an activating group) is 1. The van der Waals surface area contributed by atoms with Gasteiger partial charge in [0.25, 0.3) is 0 Å². The van der Waals surface area contributed by atoms with Crippen molar-refractivity contribution in [1.29, 1.82) is 0 Å². The Kier molecular flexibility index (Phi) is 3.57. The zero-order valence-electron chi connectivity index (χ0n) is 11.5. The molecule has 0 saturated heterocycles. The van der Waals surface area contributed by atoms with Gasteiger partial charge in [-0.3, -0.25) is 9.59 Å². The molecule has 102 valence electrons. The lowest BCUT2D eigenvalue weighted by atomic mass is 10.0. The number of amides is 2. The van der Waals surface area contributed by atoms with Crippen molar-refractivity contribution in [2.24, 2.45) is 0 Å². The van der Waals surface area contributed by atoms with Crippen molar-refractivity contribution in [2.75, 3.05) is 17.7 Å². The van der Waals surface area contributed by atoms with E-state index >= 15 is 0 Å². The average molecular weight is 261 g/mol. The Balaban J connectivity index is 2.15. The summed E-state index contributed by atoms with van der Waals surface area (Å²) in [6.45, 7) is 3.64. The largest absolute Gasteiger partial charge is 0.326 e. The summed E-state index contributed by atoms with van der Waals surface area (Å²) in [7, 11) is 1.75. The lowest BCUT2D eigenvalue weighted by molar-refractivity contribution is -0.121. The fourth-order valence-electron chi connectivity index (χ4n) is 1.86. The smallest absolute Gasteiger partial charge is 0.244 e. The third kappa shape index (κ3) is 2.93. The monoisotopic (exact) mass is 261 g/mol. The predicted octanol–water partition coefficient (Wildman–Crippen LogP) is 1.51. The van der Waals surface area contributed by atoms with Gasteiger partial charge in [-0.05, 0) is 51.1 Å². The molecule has 1 aliphatic heterocycles. The van der Waals surface area contributed by atoms with E-state index in [1.807, 2.05) is 26.0 Å². The minimum Gasteiger partial charge on any atom is -0.326 e. The van der Waals surface area contributed by atoms with Crippen molar-refractivity contribution in [3.05, 3.63) is 23.8 Å². The van der Waals surface area contributed by atoms with Crippen molar-refractivity contribution < 1.29 is 9.59 Å². The first kappa shape index (κ1) is 13.5. The van der Waals surface area contributed by atoms with Gasteiger partial charge in [0, 0.05) is 17.8 Å². The van der Waals surface area contributed by atoms with Crippen LogP contribution in [0, 0.1) is 0 Å². The predicted molar refractivity (Wildman–Crippen MR) is 75.2 cm³/mol. The number of benzene rings is 1. The molecule has 0 radical (unpaired) electrons. The molecule has 0 fully saturated rings. The van der Waals surface area contributed by atoms with Crippen LogP contribution in [0.4, 0.5) is 11.4 Å². The Morgan fingerprint density at radius 1 is 1.32 bits per heavy atom. The molecule has 3 N–H and O–H groups in total. The number of nitrogens with one attached hydrogen (secondary N) is 3. The maximum atomic E-state index is 12.0. The summed E-state index contributed by atoms with van der Waals surface area (Å²) in [5.74, 6) is -0.0459. The van der Waals surface area contributed by atoms with E-state index < -0.39 is 5.54 Å². The number of carbonyl (C=O) groups excluding carboxylic acids is 2. The first-order chi connectivity index (χ1) is 8.92. The molecule has 0 saturated carbocycles. The minimum absolute atomic E-state index is 0.0422. The molecule has 1 heterocycles. The quantitative estimate of drug-likeness (QED) is 0.772. The van der Waals surface area contributed by atoms with E-state index in [1.165, 1.54) is 0 Å². The summed E-state index contributed by atoms with van der Waals surface area (Å²) in [6.07, 6.45) is 1.20. The van der Waals surface area contributed by atoms with Gasteiger partial charge in [-0.25, -0.2) is 0 Å². The highest BCUT2D eigenvalue weighted by molar-refractivity contribution is 5.98. The molecule has 1 aliphatic rings. The second kappa shape index (κ2) is 5.01. The SMILES string of the molecule is CNC(C)(C)C(=O)Nc1ccc2c(c1)CCC(=O)N2. The molecule has 2 rings (SSSR count). The summed E-state index contributed by atoms with van der Waals surface area (Å²) in [5, 5.41) is 8.66. The summed E-state index contributed by atoms with van der Waals surface area (Å²) >= 11 is 0. The van der Waals surface area contributed by atoms with Gasteiger partial charge < -0.3 is 16.0 Å². The van der Waals surface area contributed by atoms with Crippen LogP contribution in [0.25, 0.3) is 0 Å². The molecule has 1 aromatic rings. The lowest BCUT2D eigenvalue weighted by Gasteiger charge is -2.23. The second-order valence-corrected chi connectivity index (χ2v) is 5.25. The molecular formula is C14H19N3O2. The van der Waals surface area contributed by atoms with Crippen LogP contribution >= 0.6 is 0 Å². The van der Waals surface area contributed by atoms with Gasteiger partial charge in [-0.2, -0.15) is 0 Å². The van der Waals surface area contributed by atoms with Crippen molar-refractivity contribution in [2.45, 2.75) is 32.2 Å². The van der Waals surface area contributed by atoms with E-state index in [0.29, 0.717) is 12.8 Å². The Morgan fingerprint density at radius 2 is 2.05 bits per heavy atom. The van der Waals surface area contributed by atoms with Gasteiger partial charge in [-0.1, -0.05) is 0 Å². The highest BCUT2D eigenvalue weighted by Crippen LogP contribution is 2.26. The summed E-state index contributed by atoms with van der Waals surface area (Å²) in [5.41, 5.74) is 2.02. The van der Waals surface area contributed by atoms with E-state index in [2.05, 4.69) is 16.0 Å². The fraction of sp³-hybridized carbons (Fsp3) is 0.429. The van der Waals surface area contributed by atoms with Gasteiger partial charge in [0.05, 0.1) is 5.54 Å². The first-order valence-electron chi connectivity index (χ1n) is 6.35. The third-order valence-corrected chi connectivity index (χ3v) is 3.45. The Bertz CT molecular complexity index is 523. The van der Waals surface area contributed by atoms with Gasteiger partial charge >= 0.3 is 0 Å². The van der Waals surface area contributed by atoms with Crippen LogP contribution in [0.2, 0.25) is 0 Å². The van der Waals surface area contributed by atoms with E-state index in [1.54, 1.807) is 13.1 Å². The first-order valence-corrected chi connectivity index (χ1v) is 6.35. The van der Waals surface area contributed by atoms with Gasteiger partial charge in [0.2, 0.25) is 11.8 Å². The number of carbonyl (C=O) groups is 2. The molecule has 0 bridgehead atoms. The molecule has 5 nitrogen and oxygen atoms in total. The molecule has 5 heteroatoms. The van der Waals surface area contributed by atoms with Gasteiger partial charge in [0.1, 0.15) is 0 Å². The normalized spacial score (nSPS) is 14.6. The fourth-order valence-corrected chi connectivity index (χ4v) is 1.86. The van der Waals surface area contributed by atoms with E-state index in [4.69, 9.17) is 0 Å². The van der Waals surface area contributed by atoms with E-state index in [-0.39, 0.29) is 11.8 Å². The molecule has 2 amide bonds. The standard InChI is InChI=1S/C14H19N3O2/c1-14(2,15-3)13(19)16-10-5-6-11-9(8-10)4-7-12(18)17-11/h5-6,8,15H,4,7H2,1-3H3,(H,16,19)(H,17,18). The number of rotatable bonds is 3. The van der Waals surface area contributed by atoms with Crippen LogP contribution < -0.4 is 16.0 Å². The highest BCUT2D eigenvalue weighted by atomic mass is 16.2. The van der Waals surface area contributed by atoms with Crippen molar-refractivity contribution in [3.8, 4) is 0 Å². The summed E-state index contributed by atoms with van der Waals surface area (Å²) in [6, 6.07) is 5.54. The average Bonchev–Trinajstić information content (AvgIpc) is 2.38. The Hall–Kier alpha value is -1.88. The van der Waals surface area contributed by atoms with Gasteiger partial charge in [-0.15, -0.1) is 0 Å². The highest BCUT2D eigenvalue weighted by Gasteiger charge is 2.25. The number of anilines is 2. The van der Waals surface area contributed by atoms with Crippen molar-refractivity contribution >= 4 is 23.2 Å². The zero-order valence-corrected chi connectivity index (χ0v) is 11.5. The molecular weight excluding hydrogens is 242 g/mol. The Morgan fingerprint density at radius 3 is 2.74 bits per heavy atom. The zero-order chi connectivity index (χ0) is 14.0. The van der Waals surface area contributed by atoms with Crippen LogP contribution in [0.5, 0.6) is 0 Å².